The van der Waals surface area contributed by atoms with Crippen molar-refractivity contribution in [2.75, 3.05) is 19.0 Å². The first-order chi connectivity index (χ1) is 17.0. The molecule has 6 nitrogen and oxygen atoms in total. The van der Waals surface area contributed by atoms with Crippen molar-refractivity contribution in [2.45, 2.75) is 44.6 Å². The molecule has 1 N–H and O–H groups in total. The quantitative estimate of drug-likeness (QED) is 0.359. The van der Waals surface area contributed by atoms with Gasteiger partial charge >= 0.3 is 0 Å². The Morgan fingerprint density at radius 1 is 1.11 bits per heavy atom. The molecule has 5 rings (SSSR count). The lowest BCUT2D eigenvalue weighted by atomic mass is 9.80. The highest BCUT2D eigenvalue weighted by molar-refractivity contribution is 5.88. The number of hydrogen-bond acceptors (Lipinski definition) is 5. The molecule has 2 aromatic carbocycles. The van der Waals surface area contributed by atoms with Crippen LogP contribution in [0, 0.1) is 24.1 Å². The molecule has 0 saturated heterocycles. The molecule has 0 radical (unpaired) electrons. The minimum atomic E-state index is -0.346. The van der Waals surface area contributed by atoms with Gasteiger partial charge < -0.3 is 14.6 Å². The standard InChI is InChI=1S/C28H28FN5O/c1-19-15-22-25(35-2)10-9-23(29)27(22)34(19)14-13-31-26-16-24(32-18-33-26)20-5-7-21(8-6-20)28(17-30)11-3-4-12-28/h5-10,15-16,18H,3-4,11-14H2,1-2H3,(H,31,32,33). The summed E-state index contributed by atoms with van der Waals surface area (Å²) in [6, 6.07) is 17.7. The molecule has 2 aromatic heterocycles. The van der Waals surface area contributed by atoms with E-state index in [2.05, 4.69) is 33.5 Å². The maximum atomic E-state index is 14.6. The number of halogens is 1. The zero-order valence-electron chi connectivity index (χ0n) is 20.0. The summed E-state index contributed by atoms with van der Waals surface area (Å²) >= 11 is 0. The second-order valence-corrected chi connectivity index (χ2v) is 9.14. The highest BCUT2D eigenvalue weighted by atomic mass is 19.1. The highest BCUT2D eigenvalue weighted by Crippen LogP contribution is 2.41. The van der Waals surface area contributed by atoms with Crippen LogP contribution in [0.25, 0.3) is 22.2 Å². The maximum absolute atomic E-state index is 14.6. The Bertz CT molecular complexity index is 1400. The number of anilines is 1. The summed E-state index contributed by atoms with van der Waals surface area (Å²) < 4.78 is 22.0. The van der Waals surface area contributed by atoms with E-state index in [1.54, 1.807) is 19.5 Å². The summed E-state index contributed by atoms with van der Waals surface area (Å²) in [6.45, 7) is 3.11. The second-order valence-electron chi connectivity index (χ2n) is 9.14. The summed E-state index contributed by atoms with van der Waals surface area (Å²) in [5.41, 5.74) is 4.04. The molecule has 4 aromatic rings. The Balaban J connectivity index is 1.30. The van der Waals surface area contributed by atoms with E-state index in [1.807, 2.05) is 35.8 Å². The van der Waals surface area contributed by atoms with E-state index in [0.717, 1.165) is 53.6 Å². The van der Waals surface area contributed by atoms with Crippen molar-refractivity contribution in [1.29, 1.82) is 5.26 Å². The van der Waals surface area contributed by atoms with E-state index in [-0.39, 0.29) is 11.2 Å². The first kappa shape index (κ1) is 22.9. The van der Waals surface area contributed by atoms with Gasteiger partial charge in [0.2, 0.25) is 0 Å². The van der Waals surface area contributed by atoms with E-state index < -0.39 is 0 Å². The summed E-state index contributed by atoms with van der Waals surface area (Å²) in [4.78, 5) is 8.78. The molecule has 0 atom stereocenters. The Morgan fingerprint density at radius 2 is 1.89 bits per heavy atom. The maximum Gasteiger partial charge on any atom is 0.147 e. The molecule has 178 valence electrons. The van der Waals surface area contributed by atoms with Crippen molar-refractivity contribution < 1.29 is 9.13 Å². The number of nitrogens with zero attached hydrogens (tertiary/aromatic N) is 4. The van der Waals surface area contributed by atoms with Gasteiger partial charge in [0, 0.05) is 35.8 Å². The largest absolute Gasteiger partial charge is 0.496 e. The number of aromatic nitrogens is 3. The third-order valence-corrected chi connectivity index (χ3v) is 7.11. The van der Waals surface area contributed by atoms with Crippen LogP contribution in [0.2, 0.25) is 0 Å². The molecular weight excluding hydrogens is 441 g/mol. The zero-order chi connectivity index (χ0) is 24.4. The summed E-state index contributed by atoms with van der Waals surface area (Å²) in [7, 11) is 1.59. The molecule has 1 saturated carbocycles. The third-order valence-electron chi connectivity index (χ3n) is 7.11. The number of aryl methyl sites for hydroxylation is 1. The van der Waals surface area contributed by atoms with Crippen LogP contribution < -0.4 is 10.1 Å². The minimum Gasteiger partial charge on any atom is -0.496 e. The van der Waals surface area contributed by atoms with Crippen molar-refractivity contribution in [3.63, 3.8) is 0 Å². The van der Waals surface area contributed by atoms with Crippen molar-refractivity contribution in [3.8, 4) is 23.1 Å². The highest BCUT2D eigenvalue weighted by Gasteiger charge is 2.35. The molecule has 0 bridgehead atoms. The van der Waals surface area contributed by atoms with Crippen LogP contribution in [0.15, 0.2) is 54.9 Å². The second kappa shape index (κ2) is 9.38. The van der Waals surface area contributed by atoms with Gasteiger partial charge in [0.25, 0.3) is 0 Å². The predicted molar refractivity (Wildman–Crippen MR) is 135 cm³/mol. The number of methoxy groups -OCH3 is 1. The molecule has 35 heavy (non-hydrogen) atoms. The van der Waals surface area contributed by atoms with Crippen LogP contribution in [0.4, 0.5) is 10.2 Å². The molecule has 7 heteroatoms. The molecule has 2 heterocycles. The number of ether oxygens (including phenoxy) is 1. The fourth-order valence-electron chi connectivity index (χ4n) is 5.22. The molecule has 0 unspecified atom stereocenters. The van der Waals surface area contributed by atoms with Crippen LogP contribution in [-0.2, 0) is 12.0 Å². The van der Waals surface area contributed by atoms with Crippen LogP contribution in [0.3, 0.4) is 0 Å². The number of benzene rings is 2. The first-order valence-electron chi connectivity index (χ1n) is 11.9. The molecule has 1 fully saturated rings. The van der Waals surface area contributed by atoms with Gasteiger partial charge in [-0.1, -0.05) is 37.1 Å². The third kappa shape index (κ3) is 4.21. The predicted octanol–water partition coefficient (Wildman–Crippen LogP) is 6.00. The van der Waals surface area contributed by atoms with Gasteiger partial charge in [-0.15, -0.1) is 0 Å². The van der Waals surface area contributed by atoms with E-state index >= 15 is 0 Å². The number of nitriles is 1. The number of hydrogen-bond donors (Lipinski definition) is 1. The molecular formula is C28H28FN5O. The van der Waals surface area contributed by atoms with Gasteiger partial charge in [-0.3, -0.25) is 0 Å². The zero-order valence-corrected chi connectivity index (χ0v) is 20.0. The smallest absolute Gasteiger partial charge is 0.147 e. The van der Waals surface area contributed by atoms with Gasteiger partial charge in [0.05, 0.1) is 29.8 Å². The van der Waals surface area contributed by atoms with Gasteiger partial charge in [0.1, 0.15) is 23.7 Å². The van der Waals surface area contributed by atoms with E-state index in [0.29, 0.717) is 30.2 Å². The number of fused-ring (bicyclic) bond motifs is 1. The number of nitrogens with one attached hydrogen (secondary N) is 1. The van der Waals surface area contributed by atoms with E-state index in [1.165, 1.54) is 6.07 Å². The van der Waals surface area contributed by atoms with Crippen LogP contribution in [-0.4, -0.2) is 28.2 Å². The lowest BCUT2D eigenvalue weighted by molar-refractivity contribution is 0.419. The van der Waals surface area contributed by atoms with Gasteiger partial charge in [-0.25, -0.2) is 14.4 Å². The molecule has 0 spiro atoms. The van der Waals surface area contributed by atoms with Crippen molar-refractivity contribution >= 4 is 16.7 Å². The lowest BCUT2D eigenvalue weighted by Gasteiger charge is -2.20. The van der Waals surface area contributed by atoms with Gasteiger partial charge in [-0.05, 0) is 43.5 Å². The van der Waals surface area contributed by atoms with Crippen LogP contribution >= 0.6 is 0 Å². The van der Waals surface area contributed by atoms with Crippen molar-refractivity contribution in [2.24, 2.45) is 0 Å². The fraction of sp³-hybridized carbons (Fsp3) is 0.321. The SMILES string of the molecule is COc1ccc(F)c2c1cc(C)n2CCNc1cc(-c2ccc(C3(C#N)CCCC3)cc2)ncn1. The lowest BCUT2D eigenvalue weighted by Crippen LogP contribution is -2.18. The van der Waals surface area contributed by atoms with E-state index in [4.69, 9.17) is 4.74 Å². The van der Waals surface area contributed by atoms with Crippen LogP contribution in [0.5, 0.6) is 5.75 Å². The summed E-state index contributed by atoms with van der Waals surface area (Å²) in [6.07, 6.45) is 5.61. The Labute approximate surface area is 204 Å². The normalized spacial score (nSPS) is 14.7. The minimum absolute atomic E-state index is 0.266. The monoisotopic (exact) mass is 469 g/mol. The Kier molecular flexibility index (Phi) is 6.12. The average molecular weight is 470 g/mol. The van der Waals surface area contributed by atoms with Crippen LogP contribution in [0.1, 0.15) is 36.9 Å². The molecule has 0 amide bonds. The average Bonchev–Trinajstić information content (AvgIpc) is 3.51. The molecule has 1 aliphatic rings. The van der Waals surface area contributed by atoms with Crippen molar-refractivity contribution in [1.82, 2.24) is 14.5 Å². The summed E-state index contributed by atoms with van der Waals surface area (Å²) in [5, 5.41) is 13.9. The first-order valence-corrected chi connectivity index (χ1v) is 11.9. The Morgan fingerprint density at radius 3 is 2.60 bits per heavy atom. The number of rotatable bonds is 7. The molecule has 0 aliphatic heterocycles. The molecule has 1 aliphatic carbocycles. The Hall–Kier alpha value is -3.92. The fourth-order valence-corrected chi connectivity index (χ4v) is 5.22. The summed E-state index contributed by atoms with van der Waals surface area (Å²) in [5.74, 6) is 1.10. The van der Waals surface area contributed by atoms with Gasteiger partial charge in [0.15, 0.2) is 0 Å². The van der Waals surface area contributed by atoms with Gasteiger partial charge in [-0.2, -0.15) is 5.26 Å². The topological polar surface area (TPSA) is 75.8 Å². The van der Waals surface area contributed by atoms with Crippen molar-refractivity contribution in [3.05, 3.63) is 71.9 Å². The van der Waals surface area contributed by atoms with E-state index in [9.17, 15) is 9.65 Å².